The topological polar surface area (TPSA) is 0 Å². The zero-order valence-corrected chi connectivity index (χ0v) is 8.63. The largest absolute Gasteiger partial charge is 0.0837 e. The first-order chi connectivity index (χ1) is 6.35. The molecular weight excluding hydrogens is 156 g/mol. The fourth-order valence-electron chi connectivity index (χ4n) is 2.92. The molecule has 0 radical (unpaired) electrons. The van der Waals surface area contributed by atoms with Gasteiger partial charge in [-0.25, -0.2) is 0 Å². The third-order valence-corrected chi connectivity index (χ3v) is 3.78. The van der Waals surface area contributed by atoms with Crippen LogP contribution in [0, 0.1) is 11.3 Å². The van der Waals surface area contributed by atoms with Crippen molar-refractivity contribution in [3.8, 4) is 0 Å². The van der Waals surface area contributed by atoms with Crippen molar-refractivity contribution in [3.63, 3.8) is 0 Å². The van der Waals surface area contributed by atoms with Crippen molar-refractivity contribution in [2.24, 2.45) is 11.3 Å². The molecule has 72 valence electrons. The van der Waals surface area contributed by atoms with Gasteiger partial charge in [0.15, 0.2) is 0 Å². The van der Waals surface area contributed by atoms with Gasteiger partial charge in [0.1, 0.15) is 0 Å². The molecule has 0 amide bonds. The molecule has 2 aliphatic carbocycles. The van der Waals surface area contributed by atoms with E-state index in [0.29, 0.717) is 5.41 Å². The highest BCUT2D eigenvalue weighted by Crippen LogP contribution is 2.45. The van der Waals surface area contributed by atoms with Crippen molar-refractivity contribution in [2.45, 2.75) is 45.4 Å². The van der Waals surface area contributed by atoms with Gasteiger partial charge in [0.2, 0.25) is 0 Å². The monoisotopic (exact) mass is 176 g/mol. The molecule has 0 aliphatic heterocycles. The molecule has 2 unspecified atom stereocenters. The molecule has 2 aliphatic rings. The van der Waals surface area contributed by atoms with Gasteiger partial charge < -0.3 is 0 Å². The molecule has 0 aromatic carbocycles. The second-order valence-electron chi connectivity index (χ2n) is 4.72. The van der Waals surface area contributed by atoms with E-state index in [1.165, 1.54) is 38.5 Å². The summed E-state index contributed by atoms with van der Waals surface area (Å²) in [7, 11) is 0. The summed E-state index contributed by atoms with van der Waals surface area (Å²) in [6.45, 7) is 2.34. The van der Waals surface area contributed by atoms with Crippen LogP contribution in [0.5, 0.6) is 0 Å². The van der Waals surface area contributed by atoms with Crippen molar-refractivity contribution in [2.75, 3.05) is 0 Å². The van der Waals surface area contributed by atoms with Gasteiger partial charge >= 0.3 is 0 Å². The molecule has 0 bridgehead atoms. The molecule has 0 N–H and O–H groups in total. The van der Waals surface area contributed by atoms with Gasteiger partial charge in [0.05, 0.1) is 0 Å². The quantitative estimate of drug-likeness (QED) is 0.564. The van der Waals surface area contributed by atoms with E-state index in [2.05, 4.69) is 31.2 Å². The minimum atomic E-state index is 0.563. The summed E-state index contributed by atoms with van der Waals surface area (Å²) in [5, 5.41) is 0. The Morgan fingerprint density at radius 1 is 1.38 bits per heavy atom. The maximum absolute atomic E-state index is 2.47. The first-order valence-corrected chi connectivity index (χ1v) is 5.69. The third-order valence-electron chi connectivity index (χ3n) is 3.78. The van der Waals surface area contributed by atoms with Crippen LogP contribution in [0.1, 0.15) is 45.4 Å². The molecule has 2 atom stereocenters. The van der Waals surface area contributed by atoms with Gasteiger partial charge in [-0.2, -0.15) is 0 Å². The molecule has 13 heavy (non-hydrogen) atoms. The number of allylic oxidation sites excluding steroid dienone is 4. The number of hydrogen-bond donors (Lipinski definition) is 0. The molecule has 0 saturated heterocycles. The average molecular weight is 176 g/mol. The van der Waals surface area contributed by atoms with Gasteiger partial charge in [0.25, 0.3) is 0 Å². The highest BCUT2D eigenvalue weighted by molar-refractivity contribution is 5.17. The van der Waals surface area contributed by atoms with Crippen LogP contribution in [0.15, 0.2) is 24.3 Å². The first-order valence-electron chi connectivity index (χ1n) is 5.69. The Kier molecular flexibility index (Phi) is 2.57. The van der Waals surface area contributed by atoms with E-state index < -0.39 is 0 Å². The second-order valence-corrected chi connectivity index (χ2v) is 4.72. The van der Waals surface area contributed by atoms with Crippen molar-refractivity contribution < 1.29 is 0 Å². The van der Waals surface area contributed by atoms with E-state index in [0.717, 1.165) is 5.92 Å². The number of hydrogen-bond acceptors (Lipinski definition) is 0. The van der Waals surface area contributed by atoms with Crippen molar-refractivity contribution in [3.05, 3.63) is 24.3 Å². The summed E-state index contributed by atoms with van der Waals surface area (Å²) in [5.41, 5.74) is 0.563. The van der Waals surface area contributed by atoms with Crippen molar-refractivity contribution >= 4 is 0 Å². The minimum absolute atomic E-state index is 0.563. The van der Waals surface area contributed by atoms with Crippen molar-refractivity contribution in [1.82, 2.24) is 0 Å². The summed E-state index contributed by atoms with van der Waals surface area (Å²) in [5.74, 6) is 0.991. The van der Waals surface area contributed by atoms with Crippen LogP contribution in [0.25, 0.3) is 0 Å². The van der Waals surface area contributed by atoms with Crippen LogP contribution < -0.4 is 0 Å². The summed E-state index contributed by atoms with van der Waals surface area (Å²) in [6.07, 6.45) is 17.7. The van der Waals surface area contributed by atoms with Crippen LogP contribution in [0.2, 0.25) is 0 Å². The van der Waals surface area contributed by atoms with Gasteiger partial charge in [-0.15, -0.1) is 0 Å². The summed E-state index contributed by atoms with van der Waals surface area (Å²) < 4.78 is 0. The number of rotatable bonds is 1. The summed E-state index contributed by atoms with van der Waals surface area (Å²) in [6, 6.07) is 0. The van der Waals surface area contributed by atoms with E-state index in [9.17, 15) is 0 Å². The Labute approximate surface area is 81.7 Å². The average Bonchev–Trinajstić information content (AvgIpc) is 2.19. The van der Waals surface area contributed by atoms with Gasteiger partial charge in [-0.3, -0.25) is 0 Å². The summed E-state index contributed by atoms with van der Waals surface area (Å²) in [4.78, 5) is 0. The molecule has 0 aromatic heterocycles. The maximum Gasteiger partial charge on any atom is -0.00779 e. The molecule has 0 heteroatoms. The SMILES string of the molecule is CCC1CCCC2(C=CC=CC2)C1. The Morgan fingerprint density at radius 3 is 3.00 bits per heavy atom. The predicted molar refractivity (Wildman–Crippen MR) is 57.6 cm³/mol. The van der Waals surface area contributed by atoms with Crippen molar-refractivity contribution in [1.29, 1.82) is 0 Å². The Hall–Kier alpha value is -0.520. The Bertz CT molecular complexity index is 224. The third kappa shape index (κ3) is 1.87. The zero-order chi connectivity index (χ0) is 9.15. The lowest BCUT2D eigenvalue weighted by Crippen LogP contribution is -2.27. The Balaban J connectivity index is 2.05. The molecular formula is C13H20. The van der Waals surface area contributed by atoms with E-state index >= 15 is 0 Å². The molecule has 1 fully saturated rings. The minimum Gasteiger partial charge on any atom is -0.0837 e. The van der Waals surface area contributed by atoms with Crippen LogP contribution in [0.3, 0.4) is 0 Å². The molecule has 1 saturated carbocycles. The fourth-order valence-corrected chi connectivity index (χ4v) is 2.92. The van der Waals surface area contributed by atoms with Gasteiger partial charge in [-0.05, 0) is 30.6 Å². The van der Waals surface area contributed by atoms with E-state index in [4.69, 9.17) is 0 Å². The highest BCUT2D eigenvalue weighted by Gasteiger charge is 2.32. The molecule has 1 spiro atoms. The Morgan fingerprint density at radius 2 is 2.31 bits per heavy atom. The molecule has 0 nitrogen and oxygen atoms in total. The van der Waals surface area contributed by atoms with E-state index in [-0.39, 0.29) is 0 Å². The molecule has 0 heterocycles. The van der Waals surface area contributed by atoms with Crippen LogP contribution in [0.4, 0.5) is 0 Å². The molecule has 2 rings (SSSR count). The highest BCUT2D eigenvalue weighted by atomic mass is 14.4. The van der Waals surface area contributed by atoms with Gasteiger partial charge in [-0.1, -0.05) is 50.5 Å². The maximum atomic E-state index is 2.47. The zero-order valence-electron chi connectivity index (χ0n) is 8.63. The first kappa shape index (κ1) is 9.05. The van der Waals surface area contributed by atoms with E-state index in [1.54, 1.807) is 0 Å². The lowest BCUT2D eigenvalue weighted by Gasteiger charge is -2.39. The lowest BCUT2D eigenvalue weighted by atomic mass is 9.66. The van der Waals surface area contributed by atoms with Crippen LogP contribution >= 0.6 is 0 Å². The van der Waals surface area contributed by atoms with Gasteiger partial charge in [0, 0.05) is 0 Å². The van der Waals surface area contributed by atoms with Crippen LogP contribution in [-0.2, 0) is 0 Å². The fraction of sp³-hybridized carbons (Fsp3) is 0.692. The standard InChI is InChI=1S/C13H20/c1-2-12-7-6-10-13(11-12)8-4-3-5-9-13/h3-5,8,12H,2,6-7,9-11H2,1H3. The second kappa shape index (κ2) is 3.69. The smallest absolute Gasteiger partial charge is 0.00779 e. The molecule has 0 aromatic rings. The summed E-state index contributed by atoms with van der Waals surface area (Å²) >= 11 is 0. The van der Waals surface area contributed by atoms with E-state index in [1.807, 2.05) is 0 Å². The predicted octanol–water partition coefficient (Wildman–Crippen LogP) is 4.09. The normalized spacial score (nSPS) is 38.4. The van der Waals surface area contributed by atoms with Crippen LogP contribution in [-0.4, -0.2) is 0 Å². The lowest BCUT2D eigenvalue weighted by molar-refractivity contribution is 0.188.